The Hall–Kier alpha value is -1.28. The number of rotatable bonds is 3. The summed E-state index contributed by atoms with van der Waals surface area (Å²) in [4.78, 5) is 4.47. The van der Waals surface area contributed by atoms with Gasteiger partial charge in [0.1, 0.15) is 0 Å². The van der Waals surface area contributed by atoms with Gasteiger partial charge in [0.25, 0.3) is 0 Å². The Balaban J connectivity index is 2.50. The average molecular weight is 221 g/mol. The van der Waals surface area contributed by atoms with Crippen LogP contribution in [0.3, 0.4) is 0 Å². The molecule has 3 heteroatoms. The molecular weight excluding hydrogens is 208 g/mol. The summed E-state index contributed by atoms with van der Waals surface area (Å²) >= 11 is 5.66. The molecule has 1 aromatic carbocycles. The Bertz CT molecular complexity index is 468. The molecule has 0 bridgehead atoms. The smallest absolute Gasteiger partial charge is 0.0725 e. The number of hydrogen-bond donors (Lipinski definition) is 1. The molecule has 2 aromatic rings. The Kier molecular flexibility index (Phi) is 3.07. The highest BCUT2D eigenvalue weighted by Crippen LogP contribution is 2.22. The summed E-state index contributed by atoms with van der Waals surface area (Å²) in [6.45, 7) is 2.77. The molecule has 0 aliphatic rings. The third-order valence-electron chi connectivity index (χ3n) is 2.25. The number of alkyl halides is 1. The summed E-state index contributed by atoms with van der Waals surface area (Å²) in [5.74, 6) is 0.607. The van der Waals surface area contributed by atoms with E-state index >= 15 is 0 Å². The molecule has 15 heavy (non-hydrogen) atoms. The Morgan fingerprint density at radius 3 is 2.93 bits per heavy atom. The quantitative estimate of drug-likeness (QED) is 0.804. The molecule has 78 valence electrons. The Morgan fingerprint density at radius 2 is 2.13 bits per heavy atom. The number of benzene rings is 1. The lowest BCUT2D eigenvalue weighted by molar-refractivity contribution is 1.20. The van der Waals surface area contributed by atoms with Crippen LogP contribution in [0.5, 0.6) is 0 Å². The zero-order chi connectivity index (χ0) is 10.7. The molecule has 0 aliphatic heterocycles. The maximum absolute atomic E-state index is 5.66. The maximum atomic E-state index is 5.66. The first-order valence-electron chi connectivity index (χ1n) is 4.97. The van der Waals surface area contributed by atoms with Crippen LogP contribution in [0.25, 0.3) is 10.9 Å². The second-order valence-electron chi connectivity index (χ2n) is 3.44. The third kappa shape index (κ3) is 2.21. The van der Waals surface area contributed by atoms with Gasteiger partial charge >= 0.3 is 0 Å². The van der Waals surface area contributed by atoms with Crippen LogP contribution < -0.4 is 5.32 Å². The standard InChI is InChI=1S/C12H13ClN2/c1-9-8-12(14-7-6-13)10-4-2-3-5-11(10)15-9/h2-5,8H,6-7H2,1H3,(H,14,15). The second kappa shape index (κ2) is 4.49. The van der Waals surface area contributed by atoms with Crippen molar-refractivity contribution in [2.24, 2.45) is 0 Å². The molecular formula is C12H13ClN2. The van der Waals surface area contributed by atoms with E-state index < -0.39 is 0 Å². The van der Waals surface area contributed by atoms with E-state index in [0.29, 0.717) is 5.88 Å². The van der Waals surface area contributed by atoms with Gasteiger partial charge in [-0.2, -0.15) is 0 Å². The van der Waals surface area contributed by atoms with Crippen molar-refractivity contribution in [3.8, 4) is 0 Å². The summed E-state index contributed by atoms with van der Waals surface area (Å²) < 4.78 is 0. The maximum Gasteiger partial charge on any atom is 0.0725 e. The number of nitrogens with one attached hydrogen (secondary N) is 1. The van der Waals surface area contributed by atoms with Crippen LogP contribution in [-0.2, 0) is 0 Å². The molecule has 1 N–H and O–H groups in total. The number of aryl methyl sites for hydroxylation is 1. The van der Waals surface area contributed by atoms with Crippen LogP contribution in [-0.4, -0.2) is 17.4 Å². The van der Waals surface area contributed by atoms with Crippen LogP contribution in [0, 0.1) is 6.92 Å². The molecule has 0 radical (unpaired) electrons. The van der Waals surface area contributed by atoms with E-state index in [-0.39, 0.29) is 0 Å². The van der Waals surface area contributed by atoms with Crippen LogP contribution in [0.15, 0.2) is 30.3 Å². The number of para-hydroxylation sites is 1. The molecule has 0 unspecified atom stereocenters. The molecule has 0 saturated heterocycles. The highest BCUT2D eigenvalue weighted by molar-refractivity contribution is 6.18. The number of aromatic nitrogens is 1. The number of pyridine rings is 1. The lowest BCUT2D eigenvalue weighted by atomic mass is 10.1. The van der Waals surface area contributed by atoms with Crippen LogP contribution in [0.4, 0.5) is 5.69 Å². The first-order chi connectivity index (χ1) is 7.31. The minimum absolute atomic E-state index is 0.607. The van der Waals surface area contributed by atoms with E-state index in [0.717, 1.165) is 28.8 Å². The number of anilines is 1. The van der Waals surface area contributed by atoms with Gasteiger partial charge in [-0.1, -0.05) is 18.2 Å². The minimum Gasteiger partial charge on any atom is -0.383 e. The monoisotopic (exact) mass is 220 g/mol. The van der Waals surface area contributed by atoms with Crippen molar-refractivity contribution in [3.63, 3.8) is 0 Å². The predicted octanol–water partition coefficient (Wildman–Crippen LogP) is 3.19. The second-order valence-corrected chi connectivity index (χ2v) is 3.82. The van der Waals surface area contributed by atoms with Crippen molar-refractivity contribution in [3.05, 3.63) is 36.0 Å². The van der Waals surface area contributed by atoms with Crippen molar-refractivity contribution in [1.82, 2.24) is 4.98 Å². The molecule has 0 aliphatic carbocycles. The van der Waals surface area contributed by atoms with Crippen molar-refractivity contribution in [2.75, 3.05) is 17.7 Å². The van der Waals surface area contributed by atoms with E-state index in [1.165, 1.54) is 0 Å². The fraction of sp³-hybridized carbons (Fsp3) is 0.250. The number of nitrogens with zero attached hydrogens (tertiary/aromatic N) is 1. The molecule has 0 saturated carbocycles. The van der Waals surface area contributed by atoms with Gasteiger partial charge in [0.05, 0.1) is 5.52 Å². The van der Waals surface area contributed by atoms with Gasteiger partial charge in [0.15, 0.2) is 0 Å². The normalized spacial score (nSPS) is 10.5. The predicted molar refractivity (Wildman–Crippen MR) is 65.7 cm³/mol. The molecule has 0 fully saturated rings. The van der Waals surface area contributed by atoms with Gasteiger partial charge in [-0.25, -0.2) is 0 Å². The molecule has 2 rings (SSSR count). The van der Waals surface area contributed by atoms with Crippen molar-refractivity contribution >= 4 is 28.2 Å². The molecule has 2 nitrogen and oxygen atoms in total. The van der Waals surface area contributed by atoms with Gasteiger partial charge in [-0.3, -0.25) is 4.98 Å². The van der Waals surface area contributed by atoms with Gasteiger partial charge in [-0.15, -0.1) is 11.6 Å². The van der Waals surface area contributed by atoms with Crippen LogP contribution in [0.1, 0.15) is 5.69 Å². The summed E-state index contributed by atoms with van der Waals surface area (Å²) in [6, 6.07) is 10.2. The van der Waals surface area contributed by atoms with E-state index in [2.05, 4.69) is 22.4 Å². The SMILES string of the molecule is Cc1cc(NCCCl)c2ccccc2n1. The summed E-state index contributed by atoms with van der Waals surface area (Å²) in [5, 5.41) is 4.45. The van der Waals surface area contributed by atoms with E-state index in [1.54, 1.807) is 0 Å². The van der Waals surface area contributed by atoms with Crippen molar-refractivity contribution < 1.29 is 0 Å². The van der Waals surface area contributed by atoms with Crippen LogP contribution >= 0.6 is 11.6 Å². The van der Waals surface area contributed by atoms with Gasteiger partial charge < -0.3 is 5.32 Å². The molecule has 1 heterocycles. The fourth-order valence-corrected chi connectivity index (χ4v) is 1.73. The highest BCUT2D eigenvalue weighted by atomic mass is 35.5. The Morgan fingerprint density at radius 1 is 1.33 bits per heavy atom. The zero-order valence-electron chi connectivity index (χ0n) is 8.63. The van der Waals surface area contributed by atoms with Gasteiger partial charge in [-0.05, 0) is 19.1 Å². The molecule has 0 atom stereocenters. The van der Waals surface area contributed by atoms with E-state index in [9.17, 15) is 0 Å². The van der Waals surface area contributed by atoms with Crippen LogP contribution in [0.2, 0.25) is 0 Å². The topological polar surface area (TPSA) is 24.9 Å². The number of hydrogen-bond acceptors (Lipinski definition) is 2. The molecule has 1 aromatic heterocycles. The zero-order valence-corrected chi connectivity index (χ0v) is 9.38. The Labute approximate surface area is 94.3 Å². The minimum atomic E-state index is 0.607. The van der Waals surface area contributed by atoms with E-state index in [4.69, 9.17) is 11.6 Å². The fourth-order valence-electron chi connectivity index (χ4n) is 1.64. The summed E-state index contributed by atoms with van der Waals surface area (Å²) in [5.41, 5.74) is 3.15. The lowest BCUT2D eigenvalue weighted by Crippen LogP contribution is -2.03. The summed E-state index contributed by atoms with van der Waals surface area (Å²) in [6.07, 6.45) is 0. The lowest BCUT2D eigenvalue weighted by Gasteiger charge is -2.09. The van der Waals surface area contributed by atoms with Gasteiger partial charge in [0.2, 0.25) is 0 Å². The largest absolute Gasteiger partial charge is 0.383 e. The highest BCUT2D eigenvalue weighted by Gasteiger charge is 2.01. The first kappa shape index (κ1) is 10.2. The van der Waals surface area contributed by atoms with Crippen molar-refractivity contribution in [1.29, 1.82) is 0 Å². The average Bonchev–Trinajstić information content (AvgIpc) is 2.25. The number of fused-ring (bicyclic) bond motifs is 1. The van der Waals surface area contributed by atoms with E-state index in [1.807, 2.05) is 25.1 Å². The number of halogens is 1. The first-order valence-corrected chi connectivity index (χ1v) is 5.51. The van der Waals surface area contributed by atoms with Gasteiger partial charge in [0, 0.05) is 29.2 Å². The molecule has 0 spiro atoms. The van der Waals surface area contributed by atoms with Crippen molar-refractivity contribution in [2.45, 2.75) is 6.92 Å². The third-order valence-corrected chi connectivity index (χ3v) is 2.44. The summed E-state index contributed by atoms with van der Waals surface area (Å²) in [7, 11) is 0. The molecule has 0 amide bonds.